The summed E-state index contributed by atoms with van der Waals surface area (Å²) in [5.74, 6) is 1.09. The molecule has 1 saturated carbocycles. The average molecular weight is 168 g/mol. The van der Waals surface area contributed by atoms with Crippen LogP contribution in [0.3, 0.4) is 0 Å². The summed E-state index contributed by atoms with van der Waals surface area (Å²) < 4.78 is 0. The molecule has 2 heteroatoms. The van der Waals surface area contributed by atoms with Crippen molar-refractivity contribution in [3.8, 4) is 0 Å². The van der Waals surface area contributed by atoms with E-state index in [0.29, 0.717) is 0 Å². The van der Waals surface area contributed by atoms with Gasteiger partial charge in [0, 0.05) is 25.7 Å². The molecule has 2 fully saturated rings. The molecule has 1 aliphatic heterocycles. The molecule has 0 spiro atoms. The first-order valence-electron chi connectivity index (χ1n) is 5.31. The molecule has 0 bridgehead atoms. The Hall–Kier alpha value is -0.0800. The van der Waals surface area contributed by atoms with Gasteiger partial charge in [0.25, 0.3) is 0 Å². The van der Waals surface area contributed by atoms with Gasteiger partial charge < -0.3 is 5.32 Å². The molecule has 0 radical (unpaired) electrons. The summed E-state index contributed by atoms with van der Waals surface area (Å²) in [6.45, 7) is 7.31. The summed E-state index contributed by atoms with van der Waals surface area (Å²) >= 11 is 0. The number of hydrogen-bond acceptors (Lipinski definition) is 2. The number of rotatable bonds is 3. The number of nitrogens with one attached hydrogen (secondary N) is 1. The van der Waals surface area contributed by atoms with Crippen LogP contribution in [0.25, 0.3) is 0 Å². The number of piperazine rings is 1. The van der Waals surface area contributed by atoms with Crippen LogP contribution in [0, 0.1) is 5.92 Å². The smallest absolute Gasteiger partial charge is 0.0192 e. The van der Waals surface area contributed by atoms with E-state index >= 15 is 0 Å². The Labute approximate surface area is 75.3 Å². The van der Waals surface area contributed by atoms with E-state index in [1.54, 1.807) is 0 Å². The zero-order valence-electron chi connectivity index (χ0n) is 8.05. The first kappa shape index (κ1) is 8.52. The van der Waals surface area contributed by atoms with Gasteiger partial charge in [-0.1, -0.05) is 12.8 Å². The minimum Gasteiger partial charge on any atom is -0.314 e. The minimum atomic E-state index is 0.762. The van der Waals surface area contributed by atoms with Gasteiger partial charge in [-0.05, 0) is 25.8 Å². The van der Waals surface area contributed by atoms with Gasteiger partial charge in [-0.2, -0.15) is 0 Å². The van der Waals surface area contributed by atoms with E-state index in [2.05, 4.69) is 17.1 Å². The highest BCUT2D eigenvalue weighted by molar-refractivity contribution is 4.79. The molecule has 2 nitrogen and oxygen atoms in total. The fourth-order valence-electron chi connectivity index (χ4n) is 1.97. The maximum atomic E-state index is 3.43. The summed E-state index contributed by atoms with van der Waals surface area (Å²) in [6.07, 6.45) is 4.45. The third kappa shape index (κ3) is 2.20. The minimum absolute atomic E-state index is 0.762. The first-order chi connectivity index (χ1) is 5.86. The van der Waals surface area contributed by atoms with Crippen LogP contribution in [0.2, 0.25) is 0 Å². The van der Waals surface area contributed by atoms with Gasteiger partial charge in [0.1, 0.15) is 0 Å². The maximum Gasteiger partial charge on any atom is 0.0192 e. The predicted molar refractivity (Wildman–Crippen MR) is 51.2 cm³/mol. The fourth-order valence-corrected chi connectivity index (χ4v) is 1.97. The second-order valence-corrected chi connectivity index (χ2v) is 4.32. The first-order valence-corrected chi connectivity index (χ1v) is 5.31. The van der Waals surface area contributed by atoms with Crippen molar-refractivity contribution < 1.29 is 0 Å². The molecule has 70 valence electrons. The fraction of sp³-hybridized carbons (Fsp3) is 1.00. The van der Waals surface area contributed by atoms with Gasteiger partial charge in [-0.3, -0.25) is 4.90 Å². The van der Waals surface area contributed by atoms with Crippen molar-refractivity contribution in [3.05, 3.63) is 0 Å². The molecule has 1 atom stereocenters. The Morgan fingerprint density at radius 2 is 2.25 bits per heavy atom. The highest BCUT2D eigenvalue weighted by Crippen LogP contribution is 2.32. The summed E-state index contributed by atoms with van der Waals surface area (Å²) in [7, 11) is 0. The Morgan fingerprint density at radius 3 is 2.92 bits per heavy atom. The van der Waals surface area contributed by atoms with Crippen molar-refractivity contribution in [1.82, 2.24) is 10.2 Å². The van der Waals surface area contributed by atoms with Crippen molar-refractivity contribution >= 4 is 0 Å². The van der Waals surface area contributed by atoms with Gasteiger partial charge in [-0.15, -0.1) is 0 Å². The molecule has 0 aromatic heterocycles. The van der Waals surface area contributed by atoms with Gasteiger partial charge >= 0.3 is 0 Å². The second-order valence-electron chi connectivity index (χ2n) is 4.32. The van der Waals surface area contributed by atoms with Crippen LogP contribution < -0.4 is 5.32 Å². The van der Waals surface area contributed by atoms with E-state index in [0.717, 1.165) is 12.0 Å². The molecule has 1 aliphatic carbocycles. The molecule has 1 heterocycles. The molecule has 0 aromatic rings. The van der Waals surface area contributed by atoms with Crippen molar-refractivity contribution in [3.63, 3.8) is 0 Å². The highest BCUT2D eigenvalue weighted by atomic mass is 15.2. The van der Waals surface area contributed by atoms with E-state index in [-0.39, 0.29) is 0 Å². The molecule has 1 saturated heterocycles. The SMILES string of the molecule is CC1CNCCN1CCC1CC1. The van der Waals surface area contributed by atoms with E-state index in [1.165, 1.54) is 45.4 Å². The highest BCUT2D eigenvalue weighted by Gasteiger charge is 2.24. The van der Waals surface area contributed by atoms with E-state index in [9.17, 15) is 0 Å². The topological polar surface area (TPSA) is 15.3 Å². The van der Waals surface area contributed by atoms with Gasteiger partial charge in [-0.25, -0.2) is 0 Å². The van der Waals surface area contributed by atoms with Crippen LogP contribution in [0.5, 0.6) is 0 Å². The van der Waals surface area contributed by atoms with Crippen molar-refractivity contribution in [2.24, 2.45) is 5.92 Å². The van der Waals surface area contributed by atoms with Crippen LogP contribution in [0.1, 0.15) is 26.2 Å². The summed E-state index contributed by atoms with van der Waals surface area (Å²) in [6, 6.07) is 0.762. The van der Waals surface area contributed by atoms with Gasteiger partial charge in [0.15, 0.2) is 0 Å². The van der Waals surface area contributed by atoms with Gasteiger partial charge in [0.05, 0.1) is 0 Å². The van der Waals surface area contributed by atoms with E-state index < -0.39 is 0 Å². The molecule has 1 N–H and O–H groups in total. The average Bonchev–Trinajstić information content (AvgIpc) is 2.86. The van der Waals surface area contributed by atoms with Crippen molar-refractivity contribution in [2.45, 2.75) is 32.2 Å². The molecule has 0 aromatic carbocycles. The molecule has 2 aliphatic rings. The molecule has 0 amide bonds. The summed E-state index contributed by atoms with van der Waals surface area (Å²) in [5, 5.41) is 3.43. The Kier molecular flexibility index (Phi) is 2.66. The second kappa shape index (κ2) is 3.75. The Balaban J connectivity index is 1.68. The summed E-state index contributed by atoms with van der Waals surface area (Å²) in [4.78, 5) is 2.63. The quantitative estimate of drug-likeness (QED) is 0.678. The van der Waals surface area contributed by atoms with Crippen molar-refractivity contribution in [2.75, 3.05) is 26.2 Å². The molecule has 12 heavy (non-hydrogen) atoms. The Bertz CT molecular complexity index is 143. The van der Waals surface area contributed by atoms with Crippen LogP contribution >= 0.6 is 0 Å². The monoisotopic (exact) mass is 168 g/mol. The van der Waals surface area contributed by atoms with Crippen molar-refractivity contribution in [1.29, 1.82) is 0 Å². The molecular formula is C10H20N2. The number of nitrogens with zero attached hydrogens (tertiary/aromatic N) is 1. The van der Waals surface area contributed by atoms with E-state index in [4.69, 9.17) is 0 Å². The number of hydrogen-bond donors (Lipinski definition) is 1. The third-order valence-corrected chi connectivity index (χ3v) is 3.16. The normalized spacial score (nSPS) is 32.2. The lowest BCUT2D eigenvalue weighted by Crippen LogP contribution is -2.49. The zero-order valence-corrected chi connectivity index (χ0v) is 8.05. The van der Waals surface area contributed by atoms with Gasteiger partial charge in [0.2, 0.25) is 0 Å². The van der Waals surface area contributed by atoms with Crippen LogP contribution in [-0.2, 0) is 0 Å². The molecule has 2 rings (SSSR count). The lowest BCUT2D eigenvalue weighted by atomic mass is 10.2. The summed E-state index contributed by atoms with van der Waals surface area (Å²) in [5.41, 5.74) is 0. The maximum absolute atomic E-state index is 3.43. The van der Waals surface area contributed by atoms with Crippen LogP contribution in [0.15, 0.2) is 0 Å². The van der Waals surface area contributed by atoms with E-state index in [1.807, 2.05) is 0 Å². The standard InChI is InChI=1S/C10H20N2/c1-9-8-11-5-7-12(9)6-4-10-2-3-10/h9-11H,2-8H2,1H3. The molecular weight excluding hydrogens is 148 g/mol. The Morgan fingerprint density at radius 1 is 1.42 bits per heavy atom. The van der Waals surface area contributed by atoms with Crippen LogP contribution in [0.4, 0.5) is 0 Å². The molecule has 1 unspecified atom stereocenters. The predicted octanol–water partition coefficient (Wildman–Crippen LogP) is 1.08. The van der Waals surface area contributed by atoms with Crippen LogP contribution in [-0.4, -0.2) is 37.1 Å². The zero-order chi connectivity index (χ0) is 8.39. The lowest BCUT2D eigenvalue weighted by Gasteiger charge is -2.33. The lowest BCUT2D eigenvalue weighted by molar-refractivity contribution is 0.169. The third-order valence-electron chi connectivity index (χ3n) is 3.16. The largest absolute Gasteiger partial charge is 0.314 e.